The van der Waals surface area contributed by atoms with Crippen LogP contribution in [0.25, 0.3) is 0 Å². The first-order chi connectivity index (χ1) is 7.06. The van der Waals surface area contributed by atoms with Gasteiger partial charge < -0.3 is 21.7 Å². The molecule has 0 radical (unpaired) electrons. The standard InChI is InChI=1S/C9H14FN3O2/c10-5-3-6(12)8(13-4-5)9(15)7(14)1-2-11/h3-4,7,9,14-15H,1-2,11-12H2. The Morgan fingerprint density at radius 3 is 2.67 bits per heavy atom. The van der Waals surface area contributed by atoms with Crippen molar-refractivity contribution in [1.82, 2.24) is 4.98 Å². The quantitative estimate of drug-likeness (QED) is 0.544. The number of rotatable bonds is 4. The topological polar surface area (TPSA) is 105 Å². The fourth-order valence-electron chi connectivity index (χ4n) is 1.22. The number of aliphatic hydroxyl groups excluding tert-OH is 2. The van der Waals surface area contributed by atoms with E-state index in [1.807, 2.05) is 0 Å². The Morgan fingerprint density at radius 1 is 1.47 bits per heavy atom. The van der Waals surface area contributed by atoms with Crippen LogP contribution in [0.1, 0.15) is 18.2 Å². The molecule has 84 valence electrons. The molecule has 0 aliphatic carbocycles. The third-order valence-corrected chi connectivity index (χ3v) is 2.02. The fraction of sp³-hybridized carbons (Fsp3) is 0.444. The maximum atomic E-state index is 12.7. The summed E-state index contributed by atoms with van der Waals surface area (Å²) < 4.78 is 12.7. The summed E-state index contributed by atoms with van der Waals surface area (Å²) in [6.45, 7) is 0.235. The first kappa shape index (κ1) is 11.8. The summed E-state index contributed by atoms with van der Waals surface area (Å²) in [7, 11) is 0. The second kappa shape index (κ2) is 5.01. The van der Waals surface area contributed by atoms with Gasteiger partial charge in [0.1, 0.15) is 11.9 Å². The summed E-state index contributed by atoms with van der Waals surface area (Å²) in [5.74, 6) is -0.586. The Hall–Kier alpha value is -1.24. The summed E-state index contributed by atoms with van der Waals surface area (Å²) in [6.07, 6.45) is -1.13. The molecule has 0 saturated heterocycles. The van der Waals surface area contributed by atoms with Crippen molar-refractivity contribution < 1.29 is 14.6 Å². The van der Waals surface area contributed by atoms with Crippen LogP contribution in [0.4, 0.5) is 10.1 Å². The number of pyridine rings is 1. The van der Waals surface area contributed by atoms with E-state index < -0.39 is 18.0 Å². The van der Waals surface area contributed by atoms with Gasteiger partial charge in [0, 0.05) is 6.07 Å². The van der Waals surface area contributed by atoms with Crippen molar-refractivity contribution >= 4 is 5.69 Å². The summed E-state index contributed by atoms with van der Waals surface area (Å²) in [5, 5.41) is 19.1. The molecule has 5 nitrogen and oxygen atoms in total. The van der Waals surface area contributed by atoms with E-state index in [-0.39, 0.29) is 24.3 Å². The first-order valence-corrected chi connectivity index (χ1v) is 4.53. The molecular formula is C9H14FN3O2. The van der Waals surface area contributed by atoms with Gasteiger partial charge in [0.05, 0.1) is 23.7 Å². The van der Waals surface area contributed by atoms with E-state index in [1.54, 1.807) is 0 Å². The van der Waals surface area contributed by atoms with Gasteiger partial charge >= 0.3 is 0 Å². The highest BCUT2D eigenvalue weighted by Crippen LogP contribution is 2.22. The number of nitrogen functional groups attached to an aromatic ring is 1. The minimum atomic E-state index is -1.24. The van der Waals surface area contributed by atoms with Crippen LogP contribution < -0.4 is 11.5 Å². The molecule has 1 aromatic heterocycles. The van der Waals surface area contributed by atoms with Crippen molar-refractivity contribution in [2.24, 2.45) is 5.73 Å². The van der Waals surface area contributed by atoms with Crippen molar-refractivity contribution in [3.8, 4) is 0 Å². The fourth-order valence-corrected chi connectivity index (χ4v) is 1.22. The highest BCUT2D eigenvalue weighted by molar-refractivity contribution is 5.43. The molecule has 0 amide bonds. The molecule has 0 aromatic carbocycles. The van der Waals surface area contributed by atoms with Gasteiger partial charge in [-0.05, 0) is 13.0 Å². The van der Waals surface area contributed by atoms with Crippen molar-refractivity contribution in [2.45, 2.75) is 18.6 Å². The average Bonchev–Trinajstić information content (AvgIpc) is 2.17. The number of anilines is 1. The number of nitrogens with two attached hydrogens (primary N) is 2. The Labute approximate surface area is 86.5 Å². The third kappa shape index (κ3) is 2.85. The maximum Gasteiger partial charge on any atom is 0.143 e. The molecule has 1 aromatic rings. The molecule has 6 heteroatoms. The van der Waals surface area contributed by atoms with Crippen LogP contribution in [0.15, 0.2) is 12.3 Å². The van der Waals surface area contributed by atoms with Gasteiger partial charge in [0.15, 0.2) is 0 Å². The van der Waals surface area contributed by atoms with Crippen LogP contribution in [0.2, 0.25) is 0 Å². The monoisotopic (exact) mass is 215 g/mol. The van der Waals surface area contributed by atoms with E-state index in [0.717, 1.165) is 12.3 Å². The van der Waals surface area contributed by atoms with E-state index in [2.05, 4.69) is 4.98 Å². The molecule has 0 fully saturated rings. The molecule has 2 unspecified atom stereocenters. The molecule has 1 heterocycles. The molecule has 6 N–H and O–H groups in total. The van der Waals surface area contributed by atoms with Crippen molar-refractivity contribution in [1.29, 1.82) is 0 Å². The van der Waals surface area contributed by atoms with Gasteiger partial charge in [0.2, 0.25) is 0 Å². The van der Waals surface area contributed by atoms with Crippen LogP contribution in [0.3, 0.4) is 0 Å². The van der Waals surface area contributed by atoms with Gasteiger partial charge in [-0.3, -0.25) is 4.98 Å². The summed E-state index contributed by atoms with van der Waals surface area (Å²) in [5.41, 5.74) is 10.8. The zero-order chi connectivity index (χ0) is 11.4. The van der Waals surface area contributed by atoms with E-state index in [0.29, 0.717) is 0 Å². The smallest absolute Gasteiger partial charge is 0.143 e. The van der Waals surface area contributed by atoms with E-state index >= 15 is 0 Å². The molecule has 0 bridgehead atoms. The van der Waals surface area contributed by atoms with Crippen LogP contribution in [-0.4, -0.2) is 27.8 Å². The number of aromatic nitrogens is 1. The minimum Gasteiger partial charge on any atom is -0.397 e. The van der Waals surface area contributed by atoms with E-state index in [9.17, 15) is 14.6 Å². The van der Waals surface area contributed by atoms with Crippen molar-refractivity contribution in [3.63, 3.8) is 0 Å². The van der Waals surface area contributed by atoms with Crippen LogP contribution in [0.5, 0.6) is 0 Å². The largest absolute Gasteiger partial charge is 0.397 e. The second-order valence-electron chi connectivity index (χ2n) is 3.22. The SMILES string of the molecule is NCCC(O)C(O)c1ncc(F)cc1N. The van der Waals surface area contributed by atoms with E-state index in [1.165, 1.54) is 0 Å². The summed E-state index contributed by atoms with van der Waals surface area (Å²) in [6, 6.07) is 1.04. The molecule has 0 aliphatic rings. The summed E-state index contributed by atoms with van der Waals surface area (Å²) in [4.78, 5) is 3.63. The Balaban J connectivity index is 2.86. The third-order valence-electron chi connectivity index (χ3n) is 2.02. The minimum absolute atomic E-state index is 0.0126. The summed E-state index contributed by atoms with van der Waals surface area (Å²) >= 11 is 0. The molecule has 1 rings (SSSR count). The maximum absolute atomic E-state index is 12.7. The highest BCUT2D eigenvalue weighted by atomic mass is 19.1. The van der Waals surface area contributed by atoms with Gasteiger partial charge in [-0.2, -0.15) is 0 Å². The lowest BCUT2D eigenvalue weighted by molar-refractivity contribution is 0.0129. The Morgan fingerprint density at radius 2 is 2.13 bits per heavy atom. The average molecular weight is 215 g/mol. The van der Waals surface area contributed by atoms with Crippen LogP contribution in [0, 0.1) is 5.82 Å². The van der Waals surface area contributed by atoms with Gasteiger partial charge in [0.25, 0.3) is 0 Å². The predicted molar refractivity (Wildman–Crippen MR) is 53.2 cm³/mol. The highest BCUT2D eigenvalue weighted by Gasteiger charge is 2.21. The zero-order valence-corrected chi connectivity index (χ0v) is 8.10. The van der Waals surface area contributed by atoms with Gasteiger partial charge in [-0.1, -0.05) is 0 Å². The molecule has 0 aliphatic heterocycles. The van der Waals surface area contributed by atoms with Gasteiger partial charge in [-0.15, -0.1) is 0 Å². The molecule has 0 saturated carbocycles. The molecular weight excluding hydrogens is 201 g/mol. The molecule has 0 spiro atoms. The second-order valence-corrected chi connectivity index (χ2v) is 3.22. The lowest BCUT2D eigenvalue weighted by atomic mass is 10.1. The predicted octanol–water partition coefficient (Wildman–Crippen LogP) is -0.454. The number of aliphatic hydroxyl groups is 2. The van der Waals surface area contributed by atoms with Crippen LogP contribution in [-0.2, 0) is 0 Å². The van der Waals surface area contributed by atoms with Gasteiger partial charge in [-0.25, -0.2) is 4.39 Å². The lowest BCUT2D eigenvalue weighted by Gasteiger charge is -2.17. The Bertz CT molecular complexity index is 335. The zero-order valence-electron chi connectivity index (χ0n) is 8.10. The number of halogens is 1. The lowest BCUT2D eigenvalue weighted by Crippen LogP contribution is -2.23. The van der Waals surface area contributed by atoms with Crippen LogP contribution >= 0.6 is 0 Å². The van der Waals surface area contributed by atoms with E-state index in [4.69, 9.17) is 11.5 Å². The molecule has 15 heavy (non-hydrogen) atoms. The first-order valence-electron chi connectivity index (χ1n) is 4.53. The number of nitrogens with zero attached hydrogens (tertiary/aromatic N) is 1. The van der Waals surface area contributed by atoms with Crippen molar-refractivity contribution in [2.75, 3.05) is 12.3 Å². The Kier molecular flexibility index (Phi) is 3.96. The normalized spacial score (nSPS) is 14.9. The number of hydrogen-bond donors (Lipinski definition) is 4. The van der Waals surface area contributed by atoms with Crippen molar-refractivity contribution in [3.05, 3.63) is 23.8 Å². The molecule has 2 atom stereocenters. The number of hydrogen-bond acceptors (Lipinski definition) is 5.